The van der Waals surface area contributed by atoms with Crippen molar-refractivity contribution in [3.63, 3.8) is 0 Å². The van der Waals surface area contributed by atoms with E-state index in [9.17, 15) is 0 Å². The van der Waals surface area contributed by atoms with Gasteiger partial charge >= 0.3 is 0 Å². The molecule has 1 aromatic rings. The molecule has 74 valence electrons. The van der Waals surface area contributed by atoms with Crippen LogP contribution in [0.3, 0.4) is 0 Å². The molecule has 0 N–H and O–H groups in total. The van der Waals surface area contributed by atoms with E-state index >= 15 is 0 Å². The predicted octanol–water partition coefficient (Wildman–Crippen LogP) is 3.45. The Bertz CT molecular complexity index is 482. The Kier molecular flexibility index (Phi) is 1.98. The van der Waals surface area contributed by atoms with Gasteiger partial charge in [0, 0.05) is 24.4 Å². The van der Waals surface area contributed by atoms with Gasteiger partial charge in [0.05, 0.1) is 11.4 Å². The SMILES string of the molecule is C1=Cc2ccc3c(c2N=CC1)N=CCC3. The summed E-state index contributed by atoms with van der Waals surface area (Å²) in [6.07, 6.45) is 11.3. The van der Waals surface area contributed by atoms with E-state index in [4.69, 9.17) is 0 Å². The summed E-state index contributed by atoms with van der Waals surface area (Å²) in [5.41, 5.74) is 4.61. The minimum Gasteiger partial charge on any atom is -0.259 e. The van der Waals surface area contributed by atoms with Crippen LogP contribution in [0.15, 0.2) is 28.2 Å². The zero-order chi connectivity index (χ0) is 10.1. The van der Waals surface area contributed by atoms with Crippen LogP contribution in [0.4, 0.5) is 11.4 Å². The lowest BCUT2D eigenvalue weighted by molar-refractivity contribution is 1.03. The molecule has 2 aliphatic rings. The fourth-order valence-electron chi connectivity index (χ4n) is 2.03. The maximum Gasteiger partial charge on any atom is 0.0957 e. The second-order valence-corrected chi connectivity index (χ2v) is 3.81. The predicted molar refractivity (Wildman–Crippen MR) is 64.7 cm³/mol. The van der Waals surface area contributed by atoms with Crippen molar-refractivity contribution in [2.24, 2.45) is 9.98 Å². The number of allylic oxidation sites excluding steroid dienone is 1. The summed E-state index contributed by atoms with van der Waals surface area (Å²) in [6, 6.07) is 4.32. The molecule has 1 aromatic carbocycles. The molecule has 2 heteroatoms. The van der Waals surface area contributed by atoms with Gasteiger partial charge in [0.1, 0.15) is 0 Å². The van der Waals surface area contributed by atoms with Gasteiger partial charge in [-0.15, -0.1) is 0 Å². The number of hydrogen-bond donors (Lipinski definition) is 0. The van der Waals surface area contributed by atoms with Gasteiger partial charge < -0.3 is 0 Å². The average Bonchev–Trinajstić information content (AvgIpc) is 2.54. The molecule has 2 aliphatic heterocycles. The van der Waals surface area contributed by atoms with E-state index in [1.165, 1.54) is 11.1 Å². The Morgan fingerprint density at radius 2 is 1.93 bits per heavy atom. The third kappa shape index (κ3) is 1.42. The highest BCUT2D eigenvalue weighted by Crippen LogP contribution is 2.38. The topological polar surface area (TPSA) is 24.7 Å². The van der Waals surface area contributed by atoms with Gasteiger partial charge in [-0.05, 0) is 18.4 Å². The standard InChI is InChI=1S/C13H12N2/c1-2-8-14-12-10(4-1)6-7-11-5-3-9-15-13(11)12/h1,4,6-9H,2-3,5H2. The molecule has 0 saturated carbocycles. The molecule has 0 radical (unpaired) electrons. The van der Waals surface area contributed by atoms with Crippen LogP contribution in [0, 0.1) is 0 Å². The summed E-state index contributed by atoms with van der Waals surface area (Å²) in [6.45, 7) is 0. The molecule has 2 nitrogen and oxygen atoms in total. The molecule has 0 atom stereocenters. The molecule has 0 fully saturated rings. The van der Waals surface area contributed by atoms with Gasteiger partial charge in [-0.3, -0.25) is 9.98 Å². The number of aliphatic imine (C=N–C) groups is 2. The van der Waals surface area contributed by atoms with Crippen molar-refractivity contribution in [1.29, 1.82) is 0 Å². The van der Waals surface area contributed by atoms with Crippen LogP contribution in [0.25, 0.3) is 6.08 Å². The number of rotatable bonds is 0. The number of benzene rings is 1. The molecule has 0 saturated heterocycles. The van der Waals surface area contributed by atoms with Gasteiger partial charge in [-0.25, -0.2) is 0 Å². The molecule has 0 amide bonds. The summed E-state index contributed by atoms with van der Waals surface area (Å²) in [5, 5.41) is 0. The minimum absolute atomic E-state index is 0.910. The first-order valence-corrected chi connectivity index (χ1v) is 5.32. The van der Waals surface area contributed by atoms with Crippen molar-refractivity contribution < 1.29 is 0 Å². The van der Waals surface area contributed by atoms with Crippen molar-refractivity contribution in [3.8, 4) is 0 Å². The molecule has 2 heterocycles. The average molecular weight is 196 g/mol. The van der Waals surface area contributed by atoms with E-state index in [0.29, 0.717) is 0 Å². The molecule has 15 heavy (non-hydrogen) atoms. The summed E-state index contributed by atoms with van der Waals surface area (Å²) >= 11 is 0. The van der Waals surface area contributed by atoms with Gasteiger partial charge in [0.2, 0.25) is 0 Å². The van der Waals surface area contributed by atoms with Crippen LogP contribution < -0.4 is 0 Å². The third-order valence-corrected chi connectivity index (χ3v) is 2.79. The molecule has 0 aliphatic carbocycles. The largest absolute Gasteiger partial charge is 0.259 e. The highest BCUT2D eigenvalue weighted by molar-refractivity contribution is 5.86. The highest BCUT2D eigenvalue weighted by Gasteiger charge is 2.13. The first-order valence-electron chi connectivity index (χ1n) is 5.32. The van der Waals surface area contributed by atoms with Gasteiger partial charge in [0.25, 0.3) is 0 Å². The normalized spacial score (nSPS) is 17.1. The first-order chi connectivity index (χ1) is 7.45. The van der Waals surface area contributed by atoms with Crippen LogP contribution >= 0.6 is 0 Å². The summed E-state index contributed by atoms with van der Waals surface area (Å²) in [4.78, 5) is 8.97. The molecule has 0 spiro atoms. The van der Waals surface area contributed by atoms with Crippen LogP contribution in [0.1, 0.15) is 24.0 Å². The van der Waals surface area contributed by atoms with E-state index in [1.807, 2.05) is 12.4 Å². The van der Waals surface area contributed by atoms with E-state index in [2.05, 4.69) is 34.3 Å². The van der Waals surface area contributed by atoms with E-state index in [-0.39, 0.29) is 0 Å². The fraction of sp³-hybridized carbons (Fsp3) is 0.231. The maximum atomic E-state index is 4.50. The Hall–Kier alpha value is -1.70. The van der Waals surface area contributed by atoms with E-state index in [0.717, 1.165) is 30.6 Å². The minimum atomic E-state index is 0.910. The number of fused-ring (bicyclic) bond motifs is 3. The maximum absolute atomic E-state index is 4.50. The number of aryl methyl sites for hydroxylation is 1. The second kappa shape index (κ2) is 3.46. The van der Waals surface area contributed by atoms with Crippen molar-refractivity contribution >= 4 is 29.9 Å². The lowest BCUT2D eigenvalue weighted by atomic mass is 10.0. The van der Waals surface area contributed by atoms with Gasteiger partial charge in [-0.1, -0.05) is 24.3 Å². The lowest BCUT2D eigenvalue weighted by Gasteiger charge is -2.13. The zero-order valence-corrected chi connectivity index (χ0v) is 8.48. The lowest BCUT2D eigenvalue weighted by Crippen LogP contribution is -1.94. The molecule has 0 unspecified atom stereocenters. The van der Waals surface area contributed by atoms with Gasteiger partial charge in [0.15, 0.2) is 0 Å². The smallest absolute Gasteiger partial charge is 0.0957 e. The summed E-state index contributed by atoms with van der Waals surface area (Å²) in [5.74, 6) is 0. The Morgan fingerprint density at radius 3 is 2.93 bits per heavy atom. The van der Waals surface area contributed by atoms with E-state index in [1.54, 1.807) is 0 Å². The van der Waals surface area contributed by atoms with Gasteiger partial charge in [-0.2, -0.15) is 0 Å². The molecular weight excluding hydrogens is 184 g/mol. The third-order valence-electron chi connectivity index (χ3n) is 2.79. The van der Waals surface area contributed by atoms with Crippen molar-refractivity contribution in [2.45, 2.75) is 19.3 Å². The molecule has 0 bridgehead atoms. The number of nitrogens with zero attached hydrogens (tertiary/aromatic N) is 2. The van der Waals surface area contributed by atoms with Crippen LogP contribution in [0.5, 0.6) is 0 Å². The molecule has 0 aromatic heterocycles. The first kappa shape index (κ1) is 8.60. The van der Waals surface area contributed by atoms with E-state index < -0.39 is 0 Å². The number of hydrogen-bond acceptors (Lipinski definition) is 2. The Labute approximate surface area is 89.1 Å². The van der Waals surface area contributed by atoms with Crippen LogP contribution in [0.2, 0.25) is 0 Å². The monoisotopic (exact) mass is 196 g/mol. The molecule has 3 rings (SSSR count). The Morgan fingerprint density at radius 1 is 1.00 bits per heavy atom. The Balaban J connectivity index is 2.27. The quantitative estimate of drug-likeness (QED) is 0.607. The zero-order valence-electron chi connectivity index (χ0n) is 8.48. The van der Waals surface area contributed by atoms with Crippen LogP contribution in [-0.2, 0) is 6.42 Å². The van der Waals surface area contributed by atoms with Crippen molar-refractivity contribution in [2.75, 3.05) is 0 Å². The summed E-state index contributed by atoms with van der Waals surface area (Å²) in [7, 11) is 0. The highest BCUT2D eigenvalue weighted by atomic mass is 14.8. The van der Waals surface area contributed by atoms with Crippen molar-refractivity contribution in [3.05, 3.63) is 29.3 Å². The fourth-order valence-corrected chi connectivity index (χ4v) is 2.03. The van der Waals surface area contributed by atoms with Crippen molar-refractivity contribution in [1.82, 2.24) is 0 Å². The van der Waals surface area contributed by atoms with Crippen LogP contribution in [-0.4, -0.2) is 12.4 Å². The second-order valence-electron chi connectivity index (χ2n) is 3.81. The molecular formula is C13H12N2. The summed E-state index contributed by atoms with van der Waals surface area (Å²) < 4.78 is 0.